The van der Waals surface area contributed by atoms with Gasteiger partial charge in [-0.3, -0.25) is 0 Å². The Kier molecular flexibility index (Phi) is 8.19. The molecule has 3 rings (SSSR count). The van der Waals surface area contributed by atoms with Gasteiger partial charge in [0.1, 0.15) is 0 Å². The molecule has 1 fully saturated rings. The first kappa shape index (κ1) is 24.5. The highest BCUT2D eigenvalue weighted by Gasteiger charge is 2.37. The van der Waals surface area contributed by atoms with Crippen molar-refractivity contribution < 1.29 is 31.1 Å². The van der Waals surface area contributed by atoms with E-state index in [4.69, 9.17) is 4.74 Å². The van der Waals surface area contributed by atoms with Gasteiger partial charge in [0.2, 0.25) is 0 Å². The first-order valence-corrected chi connectivity index (χ1v) is 9.26. The third-order valence-electron chi connectivity index (χ3n) is 5.08. The minimum absolute atomic E-state index is 0. The fourth-order valence-corrected chi connectivity index (χ4v) is 3.67. The summed E-state index contributed by atoms with van der Waals surface area (Å²) in [6.45, 7) is 1.45. The molecule has 0 radical (unpaired) electrons. The smallest absolute Gasteiger partial charge is 0.376 e. The molecular formula is C21H22ClF6NO. The van der Waals surface area contributed by atoms with Gasteiger partial charge in [-0.05, 0) is 48.2 Å². The average Bonchev–Trinajstić information content (AvgIpc) is 2.67. The van der Waals surface area contributed by atoms with Crippen LogP contribution in [0.25, 0.3) is 0 Å². The topological polar surface area (TPSA) is 21.3 Å². The van der Waals surface area contributed by atoms with Crippen LogP contribution in [0.5, 0.6) is 0 Å². The Bertz CT molecular complexity index is 777. The lowest BCUT2D eigenvalue weighted by Gasteiger charge is -2.32. The lowest BCUT2D eigenvalue weighted by atomic mass is 9.81. The predicted octanol–water partition coefficient (Wildman–Crippen LogP) is 6.06. The Labute approximate surface area is 177 Å². The molecule has 1 aliphatic rings. The Morgan fingerprint density at radius 2 is 1.50 bits per heavy atom. The van der Waals surface area contributed by atoms with Crippen LogP contribution in [-0.2, 0) is 23.7 Å². The lowest BCUT2D eigenvalue weighted by Crippen LogP contribution is -2.37. The molecular weight excluding hydrogens is 432 g/mol. The molecule has 1 N–H and O–H groups in total. The van der Waals surface area contributed by atoms with Crippen molar-refractivity contribution in [2.75, 3.05) is 19.7 Å². The fourth-order valence-electron chi connectivity index (χ4n) is 3.67. The normalized spacial score (nSPS) is 19.9. The lowest BCUT2D eigenvalue weighted by molar-refractivity contribution is -0.143. The quantitative estimate of drug-likeness (QED) is 0.556. The second-order valence-corrected chi connectivity index (χ2v) is 7.20. The summed E-state index contributed by atoms with van der Waals surface area (Å²) in [6.07, 6.45) is -8.83. The van der Waals surface area contributed by atoms with E-state index in [0.29, 0.717) is 18.7 Å². The SMILES string of the molecule is Cl.FC(F)(F)c1cc(COC[C@@H]2CNCC[C@@H]2c2ccccc2)cc(C(F)(F)F)c1. The number of alkyl halides is 6. The number of hydrogen-bond acceptors (Lipinski definition) is 2. The highest BCUT2D eigenvalue weighted by atomic mass is 35.5. The Hall–Kier alpha value is -1.77. The van der Waals surface area contributed by atoms with E-state index in [-0.39, 0.29) is 49.1 Å². The zero-order valence-corrected chi connectivity index (χ0v) is 16.7. The van der Waals surface area contributed by atoms with Crippen LogP contribution in [0.3, 0.4) is 0 Å². The van der Waals surface area contributed by atoms with Crippen molar-refractivity contribution in [1.29, 1.82) is 0 Å². The third-order valence-corrected chi connectivity index (χ3v) is 5.08. The summed E-state index contributed by atoms with van der Waals surface area (Å²) in [5.41, 5.74) is -1.65. The maximum atomic E-state index is 13.0. The van der Waals surface area contributed by atoms with E-state index in [9.17, 15) is 26.3 Å². The molecule has 1 saturated heterocycles. The van der Waals surface area contributed by atoms with Crippen LogP contribution in [0.2, 0.25) is 0 Å². The van der Waals surface area contributed by atoms with E-state index in [0.717, 1.165) is 18.5 Å². The molecule has 166 valence electrons. The minimum atomic E-state index is -4.86. The first-order valence-electron chi connectivity index (χ1n) is 9.26. The Morgan fingerprint density at radius 3 is 2.07 bits per heavy atom. The predicted molar refractivity (Wildman–Crippen MR) is 104 cm³/mol. The summed E-state index contributed by atoms with van der Waals surface area (Å²) >= 11 is 0. The Morgan fingerprint density at radius 1 is 0.900 bits per heavy atom. The molecule has 0 saturated carbocycles. The second kappa shape index (κ2) is 10.0. The van der Waals surface area contributed by atoms with Gasteiger partial charge in [0, 0.05) is 12.5 Å². The molecule has 2 nitrogen and oxygen atoms in total. The molecule has 9 heteroatoms. The monoisotopic (exact) mass is 453 g/mol. The summed E-state index contributed by atoms with van der Waals surface area (Å²) in [6, 6.07) is 11.4. The maximum absolute atomic E-state index is 13.0. The first-order chi connectivity index (χ1) is 13.6. The summed E-state index contributed by atoms with van der Waals surface area (Å²) in [5.74, 6) is 0.309. The summed E-state index contributed by atoms with van der Waals surface area (Å²) in [5, 5.41) is 3.26. The van der Waals surface area contributed by atoms with E-state index in [2.05, 4.69) is 5.32 Å². The van der Waals surface area contributed by atoms with Crippen LogP contribution >= 0.6 is 12.4 Å². The van der Waals surface area contributed by atoms with E-state index in [1.54, 1.807) is 0 Å². The van der Waals surface area contributed by atoms with Gasteiger partial charge < -0.3 is 10.1 Å². The number of piperidine rings is 1. The largest absolute Gasteiger partial charge is 0.416 e. The number of nitrogens with one attached hydrogen (secondary N) is 1. The molecule has 0 aromatic heterocycles. The molecule has 2 atom stereocenters. The molecule has 2 aromatic rings. The maximum Gasteiger partial charge on any atom is 0.416 e. The standard InChI is InChI=1S/C21H21F6NO.ClH/c22-20(23,24)17-8-14(9-18(10-17)21(25,26)27)12-29-13-16-11-28-7-6-19(16)15-4-2-1-3-5-15;/h1-5,8-10,16,19,28H,6-7,11-13H2;1H/t16-,19+;/m0./s1. The molecule has 0 amide bonds. The zero-order valence-electron chi connectivity index (χ0n) is 15.9. The van der Waals surface area contributed by atoms with Gasteiger partial charge in [0.25, 0.3) is 0 Å². The molecule has 1 aliphatic heterocycles. The van der Waals surface area contributed by atoms with Gasteiger partial charge in [-0.25, -0.2) is 0 Å². The van der Waals surface area contributed by atoms with Gasteiger partial charge in [-0.1, -0.05) is 30.3 Å². The second-order valence-electron chi connectivity index (χ2n) is 7.20. The van der Waals surface area contributed by atoms with Gasteiger partial charge in [-0.2, -0.15) is 26.3 Å². The third kappa shape index (κ3) is 6.36. The summed E-state index contributed by atoms with van der Waals surface area (Å²) in [4.78, 5) is 0. The number of ether oxygens (including phenoxy) is 1. The molecule has 0 spiro atoms. The average molecular weight is 454 g/mol. The van der Waals surface area contributed by atoms with E-state index in [1.165, 1.54) is 0 Å². The van der Waals surface area contributed by atoms with Crippen LogP contribution in [0, 0.1) is 5.92 Å². The van der Waals surface area contributed by atoms with Crippen LogP contribution in [-0.4, -0.2) is 19.7 Å². The number of hydrogen-bond donors (Lipinski definition) is 1. The molecule has 1 heterocycles. The highest BCUT2D eigenvalue weighted by molar-refractivity contribution is 5.85. The van der Waals surface area contributed by atoms with Crippen molar-refractivity contribution >= 4 is 12.4 Å². The van der Waals surface area contributed by atoms with Crippen molar-refractivity contribution in [3.05, 3.63) is 70.8 Å². The minimum Gasteiger partial charge on any atom is -0.376 e. The van der Waals surface area contributed by atoms with Crippen molar-refractivity contribution in [1.82, 2.24) is 5.32 Å². The molecule has 0 unspecified atom stereocenters. The fraction of sp³-hybridized carbons (Fsp3) is 0.429. The number of benzene rings is 2. The summed E-state index contributed by atoms with van der Waals surface area (Å²) < 4.78 is 83.4. The number of halogens is 7. The van der Waals surface area contributed by atoms with Crippen LogP contribution in [0.4, 0.5) is 26.3 Å². The van der Waals surface area contributed by atoms with Crippen molar-refractivity contribution in [2.45, 2.75) is 31.3 Å². The van der Waals surface area contributed by atoms with Gasteiger partial charge in [0.05, 0.1) is 24.3 Å². The van der Waals surface area contributed by atoms with E-state index >= 15 is 0 Å². The van der Waals surface area contributed by atoms with Crippen molar-refractivity contribution in [3.63, 3.8) is 0 Å². The molecule has 0 bridgehead atoms. The molecule has 30 heavy (non-hydrogen) atoms. The summed E-state index contributed by atoms with van der Waals surface area (Å²) in [7, 11) is 0. The van der Waals surface area contributed by atoms with E-state index in [1.807, 2.05) is 30.3 Å². The van der Waals surface area contributed by atoms with Crippen molar-refractivity contribution in [3.8, 4) is 0 Å². The van der Waals surface area contributed by atoms with Crippen LogP contribution in [0.1, 0.15) is 34.6 Å². The highest BCUT2D eigenvalue weighted by Crippen LogP contribution is 2.36. The zero-order chi connectivity index (χ0) is 21.1. The Balaban J connectivity index is 0.00000320. The molecule has 2 aromatic carbocycles. The number of rotatable bonds is 5. The van der Waals surface area contributed by atoms with E-state index < -0.39 is 23.5 Å². The van der Waals surface area contributed by atoms with Crippen LogP contribution in [0.15, 0.2) is 48.5 Å². The van der Waals surface area contributed by atoms with Crippen molar-refractivity contribution in [2.24, 2.45) is 5.92 Å². The van der Waals surface area contributed by atoms with Gasteiger partial charge >= 0.3 is 12.4 Å². The molecule has 0 aliphatic carbocycles. The van der Waals surface area contributed by atoms with Gasteiger partial charge in [0.15, 0.2) is 0 Å². The van der Waals surface area contributed by atoms with Gasteiger partial charge in [-0.15, -0.1) is 12.4 Å². The van der Waals surface area contributed by atoms with Crippen LogP contribution < -0.4 is 5.32 Å².